The second kappa shape index (κ2) is 8.68. The number of hydrogen-bond acceptors (Lipinski definition) is 4. The fraction of sp³-hybridized carbons (Fsp3) is 0.167. The van der Waals surface area contributed by atoms with E-state index in [0.717, 1.165) is 22.8 Å². The normalized spacial score (nSPS) is 15.8. The summed E-state index contributed by atoms with van der Waals surface area (Å²) in [5.74, 6) is -0.0994. The summed E-state index contributed by atoms with van der Waals surface area (Å²) in [6.07, 6.45) is 3.37. The van der Waals surface area contributed by atoms with Crippen molar-refractivity contribution in [2.75, 3.05) is 11.4 Å². The second-order valence-corrected chi connectivity index (χ2v) is 8.16. The van der Waals surface area contributed by atoms with Crippen molar-refractivity contribution in [1.82, 2.24) is 14.5 Å². The molecule has 0 aliphatic carbocycles. The number of benzene rings is 1. The van der Waals surface area contributed by atoms with E-state index < -0.39 is 11.8 Å². The van der Waals surface area contributed by atoms with E-state index in [1.165, 1.54) is 9.80 Å². The molecule has 2 aromatic heterocycles. The van der Waals surface area contributed by atoms with Crippen LogP contribution < -0.4 is 4.90 Å². The third-order valence-electron chi connectivity index (χ3n) is 5.38. The van der Waals surface area contributed by atoms with E-state index in [2.05, 4.69) is 4.98 Å². The zero-order valence-electron chi connectivity index (χ0n) is 17.9. The molecule has 162 valence electrons. The molecule has 32 heavy (non-hydrogen) atoms. The van der Waals surface area contributed by atoms with Gasteiger partial charge in [-0.05, 0) is 87.1 Å². The summed E-state index contributed by atoms with van der Waals surface area (Å²) in [5.41, 5.74) is 3.20. The Labute approximate surface area is 196 Å². The van der Waals surface area contributed by atoms with E-state index in [4.69, 9.17) is 23.8 Å². The van der Waals surface area contributed by atoms with Gasteiger partial charge in [-0.25, -0.2) is 4.98 Å². The van der Waals surface area contributed by atoms with E-state index in [1.807, 2.05) is 49.6 Å². The van der Waals surface area contributed by atoms with Crippen molar-refractivity contribution in [1.29, 1.82) is 0 Å². The van der Waals surface area contributed by atoms with Gasteiger partial charge >= 0.3 is 0 Å². The van der Waals surface area contributed by atoms with Gasteiger partial charge < -0.3 is 4.57 Å². The number of aryl methyl sites for hydroxylation is 1. The van der Waals surface area contributed by atoms with Crippen molar-refractivity contribution in [3.05, 3.63) is 82.3 Å². The minimum absolute atomic E-state index is 0.0525. The number of pyridine rings is 1. The average molecular weight is 465 g/mol. The van der Waals surface area contributed by atoms with Crippen LogP contribution in [0.15, 0.2) is 60.3 Å². The molecule has 3 aromatic rings. The molecule has 0 N–H and O–H groups in total. The standard InChI is InChI=1S/C24H21ClN4O2S/c1-4-27-22(30)20(23(31)29(24(27)32)19-10-8-18(25)9-11-19)14-17-13-15(2)28(16(17)3)21-7-5-6-12-26-21/h5-14H,4H2,1-3H3/b20-14+. The predicted octanol–water partition coefficient (Wildman–Crippen LogP) is 4.71. The van der Waals surface area contributed by atoms with Crippen molar-refractivity contribution in [2.45, 2.75) is 20.8 Å². The molecule has 1 aliphatic rings. The molecular weight excluding hydrogens is 444 g/mol. The van der Waals surface area contributed by atoms with Crippen LogP contribution in [0.4, 0.5) is 5.69 Å². The molecule has 0 bridgehead atoms. The highest BCUT2D eigenvalue weighted by Crippen LogP contribution is 2.29. The Bertz CT molecular complexity index is 1250. The number of carbonyl (C=O) groups is 2. The van der Waals surface area contributed by atoms with Gasteiger partial charge in [-0.3, -0.25) is 19.4 Å². The number of carbonyl (C=O) groups excluding carboxylic acids is 2. The van der Waals surface area contributed by atoms with Crippen molar-refractivity contribution >= 4 is 52.5 Å². The third-order valence-corrected chi connectivity index (χ3v) is 6.04. The first-order chi connectivity index (χ1) is 15.3. The van der Waals surface area contributed by atoms with Crippen LogP contribution in [0.3, 0.4) is 0 Å². The lowest BCUT2D eigenvalue weighted by Gasteiger charge is -2.36. The molecule has 1 aromatic carbocycles. The van der Waals surface area contributed by atoms with E-state index in [9.17, 15) is 9.59 Å². The van der Waals surface area contributed by atoms with Gasteiger partial charge in [0.2, 0.25) is 0 Å². The smallest absolute Gasteiger partial charge is 0.270 e. The Balaban J connectivity index is 1.81. The van der Waals surface area contributed by atoms with E-state index >= 15 is 0 Å². The maximum absolute atomic E-state index is 13.4. The Morgan fingerprint density at radius 3 is 2.41 bits per heavy atom. The fourth-order valence-electron chi connectivity index (χ4n) is 3.80. The molecule has 1 saturated heterocycles. The zero-order valence-corrected chi connectivity index (χ0v) is 19.4. The Kier molecular flexibility index (Phi) is 5.95. The molecule has 0 saturated carbocycles. The van der Waals surface area contributed by atoms with Crippen molar-refractivity contribution < 1.29 is 9.59 Å². The maximum atomic E-state index is 13.4. The first kappa shape index (κ1) is 21.9. The topological polar surface area (TPSA) is 58.4 Å². The van der Waals surface area contributed by atoms with Crippen LogP contribution in [-0.2, 0) is 9.59 Å². The summed E-state index contributed by atoms with van der Waals surface area (Å²) in [6.45, 7) is 6.07. The number of amides is 2. The first-order valence-corrected chi connectivity index (χ1v) is 10.9. The number of aromatic nitrogens is 2. The molecule has 2 amide bonds. The monoisotopic (exact) mass is 464 g/mol. The van der Waals surface area contributed by atoms with Gasteiger partial charge in [-0.15, -0.1) is 0 Å². The number of halogens is 1. The summed E-state index contributed by atoms with van der Waals surface area (Å²) in [7, 11) is 0. The van der Waals surface area contributed by atoms with Crippen molar-refractivity contribution in [2.24, 2.45) is 0 Å². The highest BCUT2D eigenvalue weighted by Gasteiger charge is 2.39. The Morgan fingerprint density at radius 1 is 1.06 bits per heavy atom. The van der Waals surface area contributed by atoms with E-state index in [1.54, 1.807) is 36.5 Å². The van der Waals surface area contributed by atoms with Crippen molar-refractivity contribution in [3.8, 4) is 5.82 Å². The van der Waals surface area contributed by atoms with Crippen LogP contribution in [0, 0.1) is 13.8 Å². The van der Waals surface area contributed by atoms with Crippen LogP contribution in [0.1, 0.15) is 23.9 Å². The van der Waals surface area contributed by atoms with Gasteiger partial charge in [0.25, 0.3) is 11.8 Å². The number of rotatable bonds is 4. The molecule has 8 heteroatoms. The molecule has 0 atom stereocenters. The van der Waals surface area contributed by atoms with E-state index in [0.29, 0.717) is 17.3 Å². The van der Waals surface area contributed by atoms with Crippen LogP contribution in [-0.4, -0.2) is 37.9 Å². The second-order valence-electron chi connectivity index (χ2n) is 7.36. The Morgan fingerprint density at radius 2 is 1.78 bits per heavy atom. The first-order valence-electron chi connectivity index (χ1n) is 10.1. The lowest BCUT2D eigenvalue weighted by Crippen LogP contribution is -2.56. The molecule has 3 heterocycles. The summed E-state index contributed by atoms with van der Waals surface area (Å²) in [6, 6.07) is 14.4. The number of thiocarbonyl (C=S) groups is 1. The molecule has 4 rings (SSSR count). The predicted molar refractivity (Wildman–Crippen MR) is 130 cm³/mol. The maximum Gasteiger partial charge on any atom is 0.270 e. The van der Waals surface area contributed by atoms with Gasteiger partial charge in [0.15, 0.2) is 5.11 Å². The molecule has 6 nitrogen and oxygen atoms in total. The van der Waals surface area contributed by atoms with Crippen molar-refractivity contribution in [3.63, 3.8) is 0 Å². The molecule has 0 radical (unpaired) electrons. The van der Waals surface area contributed by atoms with Gasteiger partial charge in [0.05, 0.1) is 5.69 Å². The molecular formula is C24H21ClN4O2S. The quantitative estimate of drug-likeness (QED) is 0.319. The lowest BCUT2D eigenvalue weighted by molar-refractivity contribution is -0.127. The van der Waals surface area contributed by atoms with Crippen LogP contribution in [0.2, 0.25) is 5.02 Å². The number of hydrogen-bond donors (Lipinski definition) is 0. The fourth-order valence-corrected chi connectivity index (χ4v) is 4.33. The zero-order chi connectivity index (χ0) is 23.0. The minimum Gasteiger partial charge on any atom is -0.303 e. The summed E-state index contributed by atoms with van der Waals surface area (Å²) < 4.78 is 1.99. The molecule has 1 aliphatic heterocycles. The highest BCUT2D eigenvalue weighted by atomic mass is 35.5. The third kappa shape index (κ3) is 3.74. The Hall–Kier alpha value is -3.29. The average Bonchev–Trinajstić information content (AvgIpc) is 3.06. The van der Waals surface area contributed by atoms with Gasteiger partial charge in [-0.2, -0.15) is 0 Å². The minimum atomic E-state index is -0.463. The highest BCUT2D eigenvalue weighted by molar-refractivity contribution is 7.80. The van der Waals surface area contributed by atoms with Gasteiger partial charge in [0, 0.05) is 29.2 Å². The number of anilines is 1. The molecule has 0 unspecified atom stereocenters. The summed E-state index contributed by atoms with van der Waals surface area (Å²) in [5, 5.41) is 0.700. The van der Waals surface area contributed by atoms with Crippen LogP contribution in [0.25, 0.3) is 11.9 Å². The largest absolute Gasteiger partial charge is 0.303 e. The SMILES string of the molecule is CCN1C(=O)/C(=C\c2cc(C)n(-c3ccccn3)c2C)C(=O)N(c2ccc(Cl)cc2)C1=S. The lowest BCUT2D eigenvalue weighted by atomic mass is 10.1. The summed E-state index contributed by atoms with van der Waals surface area (Å²) in [4.78, 5) is 33.8. The molecule has 1 fully saturated rings. The summed E-state index contributed by atoms with van der Waals surface area (Å²) >= 11 is 11.5. The number of likely N-dealkylation sites (N-methyl/N-ethyl adjacent to an activating group) is 1. The molecule has 0 spiro atoms. The van der Waals surface area contributed by atoms with Gasteiger partial charge in [-0.1, -0.05) is 17.7 Å². The van der Waals surface area contributed by atoms with Crippen LogP contribution in [0.5, 0.6) is 0 Å². The number of nitrogens with zero attached hydrogens (tertiary/aromatic N) is 4. The van der Waals surface area contributed by atoms with E-state index in [-0.39, 0.29) is 10.7 Å². The van der Waals surface area contributed by atoms with Gasteiger partial charge in [0.1, 0.15) is 11.4 Å². The van der Waals surface area contributed by atoms with Crippen LogP contribution >= 0.6 is 23.8 Å².